The highest BCUT2D eigenvalue weighted by Crippen LogP contribution is 2.12. The predicted octanol–water partition coefficient (Wildman–Crippen LogP) is 3.37. The molecule has 0 aliphatic heterocycles. The molecule has 0 saturated heterocycles. The van der Waals surface area contributed by atoms with Crippen molar-refractivity contribution >= 4 is 0 Å². The van der Waals surface area contributed by atoms with E-state index in [1.54, 1.807) is 0 Å². The van der Waals surface area contributed by atoms with Gasteiger partial charge >= 0.3 is 0 Å². The van der Waals surface area contributed by atoms with Gasteiger partial charge in [-0.2, -0.15) is 0 Å². The molecule has 75 valence electrons. The maximum Gasteiger partial charge on any atom is 0.120 e. The van der Waals surface area contributed by atoms with Gasteiger partial charge in [0.1, 0.15) is 12.4 Å². The first-order valence-corrected chi connectivity index (χ1v) is 5.00. The van der Waals surface area contributed by atoms with Gasteiger partial charge in [0.05, 0.1) is 0 Å². The lowest BCUT2D eigenvalue weighted by atomic mass is 10.2. The lowest BCUT2D eigenvalue weighted by Crippen LogP contribution is -1.94. The zero-order chi connectivity index (χ0) is 10.5. The molecule has 0 atom stereocenters. The number of benzene rings is 2. The molecule has 0 amide bonds. The zero-order valence-electron chi connectivity index (χ0n) is 8.73. The van der Waals surface area contributed by atoms with E-state index in [1.165, 1.54) is 5.56 Å². The number of rotatable bonds is 3. The SMILES string of the molecule is Cc1[c]cc(OCc2ccccc2)cc1. The molecule has 0 N–H and O–H groups in total. The molecular weight excluding hydrogens is 184 g/mol. The maximum absolute atomic E-state index is 5.62. The molecule has 0 aromatic heterocycles. The largest absolute Gasteiger partial charge is 0.489 e. The van der Waals surface area contributed by atoms with E-state index in [1.807, 2.05) is 43.3 Å². The van der Waals surface area contributed by atoms with E-state index >= 15 is 0 Å². The average molecular weight is 197 g/mol. The molecule has 0 saturated carbocycles. The van der Waals surface area contributed by atoms with E-state index in [2.05, 4.69) is 18.2 Å². The van der Waals surface area contributed by atoms with Gasteiger partial charge in [0.15, 0.2) is 0 Å². The van der Waals surface area contributed by atoms with Crippen molar-refractivity contribution in [3.63, 3.8) is 0 Å². The molecule has 0 spiro atoms. The Morgan fingerprint density at radius 2 is 1.87 bits per heavy atom. The number of aryl methyl sites for hydroxylation is 1. The summed E-state index contributed by atoms with van der Waals surface area (Å²) in [6, 6.07) is 19.1. The fraction of sp³-hybridized carbons (Fsp3) is 0.143. The van der Waals surface area contributed by atoms with Gasteiger partial charge in [-0.05, 0) is 36.2 Å². The van der Waals surface area contributed by atoms with Gasteiger partial charge in [-0.3, -0.25) is 0 Å². The average Bonchev–Trinajstić information content (AvgIpc) is 2.30. The van der Waals surface area contributed by atoms with Crippen molar-refractivity contribution in [2.24, 2.45) is 0 Å². The second kappa shape index (κ2) is 4.65. The second-order valence-corrected chi connectivity index (χ2v) is 3.48. The molecule has 0 heterocycles. The summed E-state index contributed by atoms with van der Waals surface area (Å²) in [4.78, 5) is 0. The maximum atomic E-state index is 5.62. The van der Waals surface area contributed by atoms with Crippen molar-refractivity contribution in [3.8, 4) is 5.75 Å². The van der Waals surface area contributed by atoms with Crippen LogP contribution in [0.25, 0.3) is 0 Å². The highest BCUT2D eigenvalue weighted by Gasteiger charge is 1.94. The Morgan fingerprint density at radius 3 is 2.53 bits per heavy atom. The van der Waals surface area contributed by atoms with Crippen LogP contribution in [0.1, 0.15) is 11.1 Å². The van der Waals surface area contributed by atoms with Gasteiger partial charge in [-0.1, -0.05) is 36.4 Å². The molecule has 15 heavy (non-hydrogen) atoms. The lowest BCUT2D eigenvalue weighted by Gasteiger charge is -2.05. The number of hydrogen-bond donors (Lipinski definition) is 0. The van der Waals surface area contributed by atoms with Crippen LogP contribution in [0, 0.1) is 13.0 Å². The molecule has 1 radical (unpaired) electrons. The molecule has 0 aliphatic rings. The molecule has 0 unspecified atom stereocenters. The Labute approximate surface area is 90.3 Å². The monoisotopic (exact) mass is 197 g/mol. The molecule has 1 nitrogen and oxygen atoms in total. The predicted molar refractivity (Wildman–Crippen MR) is 60.8 cm³/mol. The van der Waals surface area contributed by atoms with Crippen LogP contribution < -0.4 is 4.74 Å². The third kappa shape index (κ3) is 2.84. The van der Waals surface area contributed by atoms with Crippen LogP contribution in [0.3, 0.4) is 0 Å². The summed E-state index contributed by atoms with van der Waals surface area (Å²) in [5.41, 5.74) is 2.31. The first kappa shape index (κ1) is 9.78. The van der Waals surface area contributed by atoms with Crippen LogP contribution in [-0.4, -0.2) is 0 Å². The first-order chi connectivity index (χ1) is 7.34. The van der Waals surface area contributed by atoms with Gasteiger partial charge < -0.3 is 4.74 Å². The number of ether oxygens (including phenoxy) is 1. The van der Waals surface area contributed by atoms with Gasteiger partial charge in [0, 0.05) is 0 Å². The Bertz CT molecular complexity index is 403. The number of hydrogen-bond acceptors (Lipinski definition) is 1. The van der Waals surface area contributed by atoms with Gasteiger partial charge in [-0.25, -0.2) is 0 Å². The van der Waals surface area contributed by atoms with Crippen molar-refractivity contribution in [1.82, 2.24) is 0 Å². The van der Waals surface area contributed by atoms with Crippen LogP contribution in [0.15, 0.2) is 48.5 Å². The smallest absolute Gasteiger partial charge is 0.120 e. The van der Waals surface area contributed by atoms with Crippen LogP contribution in [0.4, 0.5) is 0 Å². The summed E-state index contributed by atoms with van der Waals surface area (Å²) in [7, 11) is 0. The van der Waals surface area contributed by atoms with Crippen LogP contribution >= 0.6 is 0 Å². The molecule has 2 aromatic carbocycles. The minimum Gasteiger partial charge on any atom is -0.489 e. The normalized spacial score (nSPS) is 9.93. The van der Waals surface area contributed by atoms with E-state index in [-0.39, 0.29) is 0 Å². The molecule has 0 fully saturated rings. The van der Waals surface area contributed by atoms with E-state index in [0.717, 1.165) is 11.3 Å². The summed E-state index contributed by atoms with van der Waals surface area (Å²) in [5, 5.41) is 0. The van der Waals surface area contributed by atoms with Gasteiger partial charge in [0.2, 0.25) is 0 Å². The topological polar surface area (TPSA) is 9.23 Å². The van der Waals surface area contributed by atoms with Gasteiger partial charge in [0.25, 0.3) is 0 Å². The highest BCUT2D eigenvalue weighted by atomic mass is 16.5. The summed E-state index contributed by atoms with van der Waals surface area (Å²) >= 11 is 0. The van der Waals surface area contributed by atoms with E-state index < -0.39 is 0 Å². The van der Waals surface area contributed by atoms with Crippen molar-refractivity contribution in [3.05, 3.63) is 65.7 Å². The Hall–Kier alpha value is -1.76. The third-order valence-electron chi connectivity index (χ3n) is 2.19. The van der Waals surface area contributed by atoms with Crippen LogP contribution in [0.2, 0.25) is 0 Å². The lowest BCUT2D eigenvalue weighted by molar-refractivity contribution is 0.306. The van der Waals surface area contributed by atoms with Crippen LogP contribution in [0.5, 0.6) is 5.75 Å². The molecule has 0 bridgehead atoms. The molecule has 2 rings (SSSR count). The van der Waals surface area contributed by atoms with Crippen molar-refractivity contribution in [2.75, 3.05) is 0 Å². The van der Waals surface area contributed by atoms with E-state index in [9.17, 15) is 0 Å². The Kier molecular flexibility index (Phi) is 3.03. The quantitative estimate of drug-likeness (QED) is 0.733. The minimum atomic E-state index is 0.609. The summed E-state index contributed by atoms with van der Waals surface area (Å²) < 4.78 is 5.62. The Balaban J connectivity index is 1.96. The first-order valence-electron chi connectivity index (χ1n) is 5.00. The standard InChI is InChI=1S/C14H13O/c1-12-7-9-14(10-8-12)15-11-13-5-3-2-4-6-13/h2-7,9-10H,11H2,1H3. The summed E-state index contributed by atoms with van der Waals surface area (Å²) in [6.07, 6.45) is 0. The Morgan fingerprint density at radius 1 is 1.07 bits per heavy atom. The fourth-order valence-electron chi connectivity index (χ4n) is 1.32. The molecule has 0 aliphatic carbocycles. The van der Waals surface area contributed by atoms with Gasteiger partial charge in [-0.15, -0.1) is 0 Å². The molecule has 2 aromatic rings. The van der Waals surface area contributed by atoms with Crippen molar-refractivity contribution in [2.45, 2.75) is 13.5 Å². The highest BCUT2D eigenvalue weighted by molar-refractivity contribution is 5.25. The van der Waals surface area contributed by atoms with E-state index in [0.29, 0.717) is 6.61 Å². The van der Waals surface area contributed by atoms with Crippen LogP contribution in [-0.2, 0) is 6.61 Å². The fourth-order valence-corrected chi connectivity index (χ4v) is 1.32. The van der Waals surface area contributed by atoms with E-state index in [4.69, 9.17) is 4.74 Å². The minimum absolute atomic E-state index is 0.609. The molecule has 1 heteroatoms. The summed E-state index contributed by atoms with van der Waals surface area (Å²) in [6.45, 7) is 2.62. The van der Waals surface area contributed by atoms with Crippen molar-refractivity contribution in [1.29, 1.82) is 0 Å². The van der Waals surface area contributed by atoms with Crippen molar-refractivity contribution < 1.29 is 4.74 Å². The zero-order valence-corrected chi connectivity index (χ0v) is 8.73. The second-order valence-electron chi connectivity index (χ2n) is 3.48. The summed E-state index contributed by atoms with van der Waals surface area (Å²) in [5.74, 6) is 0.865. The third-order valence-corrected chi connectivity index (χ3v) is 2.19. The molecular formula is C14H13O.